The molecule has 2 aromatic rings. The maximum atomic E-state index is 12.5. The van der Waals surface area contributed by atoms with Gasteiger partial charge in [-0.15, -0.1) is 0 Å². The predicted molar refractivity (Wildman–Crippen MR) is 105 cm³/mol. The lowest BCUT2D eigenvalue weighted by Gasteiger charge is -2.31. The van der Waals surface area contributed by atoms with E-state index >= 15 is 0 Å². The summed E-state index contributed by atoms with van der Waals surface area (Å²) in [6.45, 7) is 7.74. The molecule has 1 aromatic carbocycles. The second-order valence-electron chi connectivity index (χ2n) is 8.06. The zero-order valence-electron chi connectivity index (χ0n) is 17.1. The van der Waals surface area contributed by atoms with E-state index in [4.69, 9.17) is 18.7 Å². The van der Waals surface area contributed by atoms with Crippen LogP contribution in [-0.2, 0) is 4.74 Å². The van der Waals surface area contributed by atoms with Crippen molar-refractivity contribution in [3.8, 4) is 22.8 Å². The van der Waals surface area contributed by atoms with Crippen LogP contribution in [0.15, 0.2) is 28.8 Å². The molecule has 1 aliphatic rings. The molecule has 0 unspecified atom stereocenters. The van der Waals surface area contributed by atoms with Crippen molar-refractivity contribution in [2.45, 2.75) is 33.3 Å². The maximum absolute atomic E-state index is 12.5. The minimum Gasteiger partial charge on any atom is -0.497 e. The zero-order valence-corrected chi connectivity index (χ0v) is 17.1. The number of hydrogen-bond donors (Lipinski definition) is 1. The molecule has 0 aliphatic carbocycles. The zero-order chi connectivity index (χ0) is 20.3. The van der Waals surface area contributed by atoms with Gasteiger partial charge in [0.1, 0.15) is 11.5 Å². The molecule has 2 atom stereocenters. The van der Waals surface area contributed by atoms with Gasteiger partial charge in [-0.3, -0.25) is 4.79 Å². The summed E-state index contributed by atoms with van der Waals surface area (Å²) >= 11 is 0. The first-order valence-electron chi connectivity index (χ1n) is 9.42. The van der Waals surface area contributed by atoms with Crippen molar-refractivity contribution < 1.29 is 23.5 Å². The van der Waals surface area contributed by atoms with E-state index in [1.54, 1.807) is 38.5 Å². The van der Waals surface area contributed by atoms with E-state index in [1.165, 1.54) is 0 Å². The number of carbonyl (C=O) groups is 1. The molecule has 3 rings (SSSR count). The molecule has 1 saturated heterocycles. The second kappa shape index (κ2) is 8.22. The van der Waals surface area contributed by atoms with Crippen LogP contribution in [-0.4, -0.2) is 44.5 Å². The number of nitrogens with zero attached hydrogens (tertiary/aromatic N) is 1. The van der Waals surface area contributed by atoms with E-state index in [0.29, 0.717) is 29.4 Å². The van der Waals surface area contributed by atoms with Crippen molar-refractivity contribution in [1.82, 2.24) is 10.5 Å². The van der Waals surface area contributed by atoms with E-state index < -0.39 is 0 Å². The van der Waals surface area contributed by atoms with Gasteiger partial charge in [0.25, 0.3) is 5.91 Å². The molecular weight excluding hydrogens is 360 g/mol. The summed E-state index contributed by atoms with van der Waals surface area (Å²) in [4.78, 5) is 12.5. The van der Waals surface area contributed by atoms with Gasteiger partial charge in [0, 0.05) is 25.1 Å². The van der Waals surface area contributed by atoms with Crippen LogP contribution >= 0.6 is 0 Å². The Morgan fingerprint density at radius 2 is 2.04 bits per heavy atom. The Balaban J connectivity index is 1.70. The molecular formula is C21H28N2O5. The van der Waals surface area contributed by atoms with Gasteiger partial charge in [0.15, 0.2) is 11.5 Å². The highest BCUT2D eigenvalue weighted by atomic mass is 16.5. The smallest absolute Gasteiger partial charge is 0.273 e. The summed E-state index contributed by atoms with van der Waals surface area (Å²) in [5.41, 5.74) is 0.937. The fourth-order valence-electron chi connectivity index (χ4n) is 3.63. The van der Waals surface area contributed by atoms with E-state index in [2.05, 4.69) is 31.2 Å². The van der Waals surface area contributed by atoms with Crippen molar-refractivity contribution in [2.24, 2.45) is 11.3 Å². The number of nitrogens with one attached hydrogen (secondary N) is 1. The molecule has 7 nitrogen and oxygen atoms in total. The Hall–Kier alpha value is -2.54. The molecule has 0 bridgehead atoms. The molecule has 28 heavy (non-hydrogen) atoms. The van der Waals surface area contributed by atoms with Gasteiger partial charge in [-0.2, -0.15) is 0 Å². The van der Waals surface area contributed by atoms with E-state index in [9.17, 15) is 4.79 Å². The molecule has 2 heterocycles. The Bertz CT molecular complexity index is 824. The second-order valence-corrected chi connectivity index (χ2v) is 8.06. The van der Waals surface area contributed by atoms with E-state index in [1.807, 2.05) is 0 Å². The van der Waals surface area contributed by atoms with Crippen LogP contribution in [0.4, 0.5) is 0 Å². The number of amides is 1. The largest absolute Gasteiger partial charge is 0.497 e. The van der Waals surface area contributed by atoms with Crippen molar-refractivity contribution >= 4 is 5.91 Å². The standard InChI is InChI=1S/C21H28N2O5/c1-21(2,3)19-13(8-9-27-19)12-22-20(24)16-11-18(28-23-16)15-10-14(25-4)6-7-17(15)26-5/h6-7,10-11,13,19H,8-9,12H2,1-5H3,(H,22,24)/t13-,19+/m1/s1. The van der Waals surface area contributed by atoms with Crippen LogP contribution in [0.25, 0.3) is 11.3 Å². The third kappa shape index (κ3) is 4.30. The molecule has 1 N–H and O–H groups in total. The monoisotopic (exact) mass is 388 g/mol. The van der Waals surface area contributed by atoms with E-state index in [-0.39, 0.29) is 29.0 Å². The van der Waals surface area contributed by atoms with Gasteiger partial charge in [-0.05, 0) is 30.0 Å². The molecule has 0 saturated carbocycles. The highest BCUT2D eigenvalue weighted by Gasteiger charge is 2.37. The first-order valence-corrected chi connectivity index (χ1v) is 9.42. The summed E-state index contributed by atoms with van der Waals surface area (Å²) in [5.74, 6) is 1.73. The van der Waals surface area contributed by atoms with Crippen LogP contribution in [0.1, 0.15) is 37.7 Å². The van der Waals surface area contributed by atoms with Crippen molar-refractivity contribution in [3.05, 3.63) is 30.0 Å². The van der Waals surface area contributed by atoms with Crippen LogP contribution in [0, 0.1) is 11.3 Å². The normalized spacial score (nSPS) is 19.5. The molecule has 0 radical (unpaired) electrons. The molecule has 1 amide bonds. The third-order valence-electron chi connectivity index (χ3n) is 5.01. The third-order valence-corrected chi connectivity index (χ3v) is 5.01. The summed E-state index contributed by atoms with van der Waals surface area (Å²) in [6.07, 6.45) is 1.06. The van der Waals surface area contributed by atoms with Crippen molar-refractivity contribution in [2.75, 3.05) is 27.4 Å². The Kier molecular flexibility index (Phi) is 5.93. The van der Waals surface area contributed by atoms with Gasteiger partial charge in [-0.1, -0.05) is 25.9 Å². The molecule has 1 fully saturated rings. The quantitative estimate of drug-likeness (QED) is 0.815. The van der Waals surface area contributed by atoms with Crippen LogP contribution in [0.3, 0.4) is 0 Å². The number of methoxy groups -OCH3 is 2. The maximum Gasteiger partial charge on any atom is 0.273 e. The number of carbonyl (C=O) groups excluding carboxylic acids is 1. The highest BCUT2D eigenvalue weighted by Crippen LogP contribution is 2.35. The van der Waals surface area contributed by atoms with E-state index in [0.717, 1.165) is 13.0 Å². The summed E-state index contributed by atoms with van der Waals surface area (Å²) in [5, 5.41) is 6.88. The Morgan fingerprint density at radius 3 is 2.71 bits per heavy atom. The average Bonchev–Trinajstić information content (AvgIpc) is 3.34. The molecule has 152 valence electrons. The number of ether oxygens (including phenoxy) is 3. The topological polar surface area (TPSA) is 82.8 Å². The highest BCUT2D eigenvalue weighted by molar-refractivity contribution is 5.93. The summed E-state index contributed by atoms with van der Waals surface area (Å²) in [7, 11) is 3.16. The summed E-state index contributed by atoms with van der Waals surface area (Å²) in [6, 6.07) is 6.97. The van der Waals surface area contributed by atoms with Gasteiger partial charge >= 0.3 is 0 Å². The lowest BCUT2D eigenvalue weighted by Crippen LogP contribution is -2.38. The van der Waals surface area contributed by atoms with Gasteiger partial charge in [-0.25, -0.2) is 0 Å². The minimum atomic E-state index is -0.267. The first kappa shape index (κ1) is 20.2. The first-order chi connectivity index (χ1) is 13.3. The van der Waals surface area contributed by atoms with Crippen molar-refractivity contribution in [1.29, 1.82) is 0 Å². The van der Waals surface area contributed by atoms with Gasteiger partial charge < -0.3 is 24.1 Å². The SMILES string of the molecule is COc1ccc(OC)c(-c2cc(C(=O)NC[C@H]3CCO[C@@H]3C(C)(C)C)no2)c1. The molecule has 7 heteroatoms. The molecule has 0 spiro atoms. The molecule has 1 aliphatic heterocycles. The number of hydrogen-bond acceptors (Lipinski definition) is 6. The number of aromatic nitrogens is 1. The lowest BCUT2D eigenvalue weighted by atomic mass is 9.81. The van der Waals surface area contributed by atoms with Crippen LogP contribution < -0.4 is 14.8 Å². The average molecular weight is 388 g/mol. The Labute approximate surface area is 165 Å². The van der Waals surface area contributed by atoms with Gasteiger partial charge in [0.05, 0.1) is 25.9 Å². The lowest BCUT2D eigenvalue weighted by molar-refractivity contribution is 0.00735. The fraction of sp³-hybridized carbons (Fsp3) is 0.524. The van der Waals surface area contributed by atoms with Gasteiger partial charge in [0.2, 0.25) is 0 Å². The summed E-state index contributed by atoms with van der Waals surface area (Å²) < 4.78 is 21.9. The van der Waals surface area contributed by atoms with Crippen LogP contribution in [0.5, 0.6) is 11.5 Å². The predicted octanol–water partition coefficient (Wildman–Crippen LogP) is 3.54. The minimum absolute atomic E-state index is 0.0376. The van der Waals surface area contributed by atoms with Crippen LogP contribution in [0.2, 0.25) is 0 Å². The number of benzene rings is 1. The Morgan fingerprint density at radius 1 is 1.25 bits per heavy atom. The number of rotatable bonds is 6. The fourth-order valence-corrected chi connectivity index (χ4v) is 3.63. The van der Waals surface area contributed by atoms with Crippen molar-refractivity contribution in [3.63, 3.8) is 0 Å². The molecule has 1 aromatic heterocycles.